The molecule has 1 aliphatic heterocycles. The van der Waals surface area contributed by atoms with Crippen molar-refractivity contribution in [1.82, 2.24) is 4.90 Å². The van der Waals surface area contributed by atoms with E-state index in [-0.39, 0.29) is 23.7 Å². The molecule has 2 rings (SSSR count). The summed E-state index contributed by atoms with van der Waals surface area (Å²) < 4.78 is 48.8. The Labute approximate surface area is 159 Å². The number of carbonyl (C=O) groups excluding carboxylic acids is 2. The van der Waals surface area contributed by atoms with Gasteiger partial charge in [-0.2, -0.15) is 13.2 Å². The van der Waals surface area contributed by atoms with Crippen LogP contribution in [0.3, 0.4) is 0 Å². The third-order valence-corrected chi connectivity index (χ3v) is 4.15. The molecule has 1 saturated heterocycles. The third kappa shape index (κ3) is 6.25. The highest BCUT2D eigenvalue weighted by Crippen LogP contribution is 2.35. The first kappa shape index (κ1) is 21.2. The predicted molar refractivity (Wildman–Crippen MR) is 93.0 cm³/mol. The zero-order valence-electron chi connectivity index (χ0n) is 14.8. The Balaban J connectivity index is 1.91. The summed E-state index contributed by atoms with van der Waals surface area (Å²) in [5.74, 6) is -1.19. The van der Waals surface area contributed by atoms with E-state index in [1.165, 1.54) is 6.07 Å². The van der Waals surface area contributed by atoms with Crippen LogP contribution in [-0.2, 0) is 25.2 Å². The number of morpholine rings is 1. The highest BCUT2D eigenvalue weighted by atomic mass is 35.5. The number of hydrogen-bond donors (Lipinski definition) is 0. The van der Waals surface area contributed by atoms with Crippen molar-refractivity contribution in [3.63, 3.8) is 0 Å². The Bertz CT molecular complexity index is 726. The number of ether oxygens (including phenoxy) is 2. The molecule has 1 heterocycles. The van der Waals surface area contributed by atoms with Gasteiger partial charge in [0, 0.05) is 19.2 Å². The number of rotatable bonds is 4. The van der Waals surface area contributed by atoms with Crippen LogP contribution in [0.5, 0.6) is 0 Å². The highest BCUT2D eigenvalue weighted by molar-refractivity contribution is 6.31. The standard InChI is InChI=1S/C18H19ClF3NO4/c1-11-8-23(9-12(2)27-11)16(24)10-26-17(25)6-4-13-3-5-15(19)14(7-13)18(20,21)22/h3-7,11-12H,8-10H2,1-2H3/b6-4+/t11-,12-/m0/s1. The van der Waals surface area contributed by atoms with Gasteiger partial charge in [-0.3, -0.25) is 4.79 Å². The fraction of sp³-hybridized carbons (Fsp3) is 0.444. The van der Waals surface area contributed by atoms with E-state index in [1.807, 2.05) is 13.8 Å². The van der Waals surface area contributed by atoms with Crippen molar-refractivity contribution >= 4 is 29.6 Å². The minimum absolute atomic E-state index is 0.110. The van der Waals surface area contributed by atoms with Gasteiger partial charge in [-0.05, 0) is 37.6 Å². The molecule has 5 nitrogen and oxygen atoms in total. The van der Waals surface area contributed by atoms with Gasteiger partial charge in [0.1, 0.15) is 0 Å². The molecule has 1 aromatic carbocycles. The summed E-state index contributed by atoms with van der Waals surface area (Å²) in [6.45, 7) is 4.04. The lowest BCUT2D eigenvalue weighted by atomic mass is 10.1. The van der Waals surface area contributed by atoms with Gasteiger partial charge in [-0.1, -0.05) is 17.7 Å². The van der Waals surface area contributed by atoms with E-state index in [0.717, 1.165) is 24.3 Å². The topological polar surface area (TPSA) is 55.8 Å². The summed E-state index contributed by atoms with van der Waals surface area (Å²) in [7, 11) is 0. The van der Waals surface area contributed by atoms with Crippen molar-refractivity contribution in [1.29, 1.82) is 0 Å². The van der Waals surface area contributed by atoms with Crippen LogP contribution in [0.2, 0.25) is 5.02 Å². The molecule has 1 amide bonds. The molecule has 27 heavy (non-hydrogen) atoms. The number of halogens is 4. The molecule has 0 aliphatic carbocycles. The van der Waals surface area contributed by atoms with E-state index >= 15 is 0 Å². The summed E-state index contributed by atoms with van der Waals surface area (Å²) in [4.78, 5) is 25.4. The van der Waals surface area contributed by atoms with Crippen LogP contribution in [0.1, 0.15) is 25.0 Å². The summed E-state index contributed by atoms with van der Waals surface area (Å²) in [6, 6.07) is 3.26. The number of alkyl halides is 3. The maximum Gasteiger partial charge on any atom is 0.417 e. The summed E-state index contributed by atoms with van der Waals surface area (Å²) >= 11 is 5.54. The molecule has 148 valence electrons. The van der Waals surface area contributed by atoms with Gasteiger partial charge in [-0.25, -0.2) is 4.79 Å². The van der Waals surface area contributed by atoms with Crippen LogP contribution in [0, 0.1) is 0 Å². The van der Waals surface area contributed by atoms with Crippen LogP contribution in [0.15, 0.2) is 24.3 Å². The Morgan fingerprint density at radius 3 is 2.52 bits per heavy atom. The van der Waals surface area contributed by atoms with Gasteiger partial charge >= 0.3 is 12.1 Å². The van der Waals surface area contributed by atoms with Crippen molar-refractivity contribution in [3.05, 3.63) is 40.4 Å². The lowest BCUT2D eigenvalue weighted by Gasteiger charge is -2.35. The minimum atomic E-state index is -4.60. The molecule has 1 fully saturated rings. The van der Waals surface area contributed by atoms with Gasteiger partial charge in [0.15, 0.2) is 6.61 Å². The molecular formula is C18H19ClF3NO4. The second-order valence-electron chi connectivity index (χ2n) is 6.23. The lowest BCUT2D eigenvalue weighted by molar-refractivity contribution is -0.154. The Morgan fingerprint density at radius 2 is 1.93 bits per heavy atom. The second-order valence-corrected chi connectivity index (χ2v) is 6.64. The molecule has 0 radical (unpaired) electrons. The quantitative estimate of drug-likeness (QED) is 0.568. The number of benzene rings is 1. The maximum atomic E-state index is 12.8. The fourth-order valence-electron chi connectivity index (χ4n) is 2.68. The Morgan fingerprint density at radius 1 is 1.30 bits per heavy atom. The van der Waals surface area contributed by atoms with E-state index in [1.54, 1.807) is 4.90 Å². The maximum absolute atomic E-state index is 12.8. The number of esters is 1. The van der Waals surface area contributed by atoms with Gasteiger partial charge in [-0.15, -0.1) is 0 Å². The number of amides is 1. The van der Waals surface area contributed by atoms with Crippen molar-refractivity contribution in [2.45, 2.75) is 32.2 Å². The van der Waals surface area contributed by atoms with E-state index in [2.05, 4.69) is 0 Å². The zero-order valence-corrected chi connectivity index (χ0v) is 15.5. The minimum Gasteiger partial charge on any atom is -0.452 e. The SMILES string of the molecule is C[C@H]1CN(C(=O)COC(=O)/C=C/c2ccc(Cl)c(C(F)(F)F)c2)C[C@H](C)O1. The molecule has 9 heteroatoms. The molecule has 1 aromatic rings. The fourth-order valence-corrected chi connectivity index (χ4v) is 2.91. The molecule has 2 atom stereocenters. The monoisotopic (exact) mass is 405 g/mol. The number of nitrogens with zero attached hydrogens (tertiary/aromatic N) is 1. The van der Waals surface area contributed by atoms with Crippen LogP contribution < -0.4 is 0 Å². The molecule has 0 saturated carbocycles. The Hall–Kier alpha value is -2.06. The normalized spacial score (nSPS) is 20.7. The molecule has 0 aromatic heterocycles. The molecule has 0 N–H and O–H groups in total. The average molecular weight is 406 g/mol. The average Bonchev–Trinajstić information content (AvgIpc) is 2.57. The largest absolute Gasteiger partial charge is 0.452 e. The van der Waals surface area contributed by atoms with Crippen LogP contribution in [-0.4, -0.2) is 48.7 Å². The molecule has 1 aliphatic rings. The zero-order chi connectivity index (χ0) is 20.2. The van der Waals surface area contributed by atoms with Crippen molar-refractivity contribution in [2.75, 3.05) is 19.7 Å². The number of carbonyl (C=O) groups is 2. The number of hydrogen-bond acceptors (Lipinski definition) is 4. The van der Waals surface area contributed by atoms with Gasteiger partial charge in [0.05, 0.1) is 22.8 Å². The van der Waals surface area contributed by atoms with Crippen LogP contribution in [0.25, 0.3) is 6.08 Å². The molecular weight excluding hydrogens is 387 g/mol. The molecule has 0 bridgehead atoms. The van der Waals surface area contributed by atoms with E-state index in [4.69, 9.17) is 21.1 Å². The summed E-state index contributed by atoms with van der Waals surface area (Å²) in [5, 5.41) is -0.429. The lowest BCUT2D eigenvalue weighted by Crippen LogP contribution is -2.49. The molecule has 0 unspecified atom stereocenters. The first-order chi connectivity index (χ1) is 12.6. The van der Waals surface area contributed by atoms with E-state index < -0.39 is 29.3 Å². The first-order valence-electron chi connectivity index (χ1n) is 8.21. The van der Waals surface area contributed by atoms with Crippen molar-refractivity contribution in [3.8, 4) is 0 Å². The Kier molecular flexibility index (Phi) is 6.89. The second kappa shape index (κ2) is 8.75. The van der Waals surface area contributed by atoms with E-state index in [0.29, 0.717) is 13.1 Å². The smallest absolute Gasteiger partial charge is 0.417 e. The van der Waals surface area contributed by atoms with E-state index in [9.17, 15) is 22.8 Å². The molecule has 0 spiro atoms. The third-order valence-electron chi connectivity index (χ3n) is 3.82. The van der Waals surface area contributed by atoms with Crippen LogP contribution >= 0.6 is 11.6 Å². The highest BCUT2D eigenvalue weighted by Gasteiger charge is 2.33. The van der Waals surface area contributed by atoms with Crippen molar-refractivity contribution in [2.24, 2.45) is 0 Å². The van der Waals surface area contributed by atoms with Crippen LogP contribution in [0.4, 0.5) is 13.2 Å². The van der Waals surface area contributed by atoms with Gasteiger partial charge in [0.25, 0.3) is 5.91 Å². The predicted octanol–water partition coefficient (Wildman–Crippen LogP) is 3.55. The summed E-state index contributed by atoms with van der Waals surface area (Å²) in [5.41, 5.74) is -0.865. The van der Waals surface area contributed by atoms with Crippen molar-refractivity contribution < 1.29 is 32.2 Å². The van der Waals surface area contributed by atoms with Gasteiger partial charge in [0.2, 0.25) is 0 Å². The first-order valence-corrected chi connectivity index (χ1v) is 8.59. The van der Waals surface area contributed by atoms with Gasteiger partial charge < -0.3 is 14.4 Å². The summed E-state index contributed by atoms with van der Waals surface area (Å²) in [6.07, 6.45) is -2.69.